The zero-order chi connectivity index (χ0) is 10.6. The Morgan fingerprint density at radius 3 is 2.36 bits per heavy atom. The van der Waals surface area contributed by atoms with E-state index in [9.17, 15) is 0 Å². The molecule has 0 saturated heterocycles. The molecule has 1 rings (SSSR count). The van der Waals surface area contributed by atoms with E-state index in [4.69, 9.17) is 10.5 Å². The molecule has 0 aromatic rings. The van der Waals surface area contributed by atoms with Crippen LogP contribution in [0.15, 0.2) is 0 Å². The van der Waals surface area contributed by atoms with Gasteiger partial charge in [-0.15, -0.1) is 0 Å². The number of methoxy groups -OCH3 is 1. The summed E-state index contributed by atoms with van der Waals surface area (Å²) in [7, 11) is 1.75. The molecule has 14 heavy (non-hydrogen) atoms. The van der Waals surface area contributed by atoms with E-state index < -0.39 is 0 Å². The molecule has 1 saturated carbocycles. The summed E-state index contributed by atoms with van der Waals surface area (Å²) in [5.41, 5.74) is 5.95. The Labute approximate surface area is 87.4 Å². The maximum atomic E-state index is 5.87. The molecular formula is C11H24N2O. The molecule has 0 radical (unpaired) electrons. The van der Waals surface area contributed by atoms with Gasteiger partial charge in [-0.2, -0.15) is 0 Å². The summed E-state index contributed by atoms with van der Waals surface area (Å²) in [6.45, 7) is 5.13. The van der Waals surface area contributed by atoms with Gasteiger partial charge in [0.15, 0.2) is 0 Å². The number of rotatable bonds is 4. The van der Waals surface area contributed by atoms with Gasteiger partial charge in [0.05, 0.1) is 6.61 Å². The third-order valence-electron chi connectivity index (χ3n) is 2.87. The molecule has 1 aliphatic carbocycles. The first-order valence-corrected chi connectivity index (χ1v) is 5.56. The number of ether oxygens (including phenoxy) is 1. The molecule has 3 heteroatoms. The maximum Gasteiger partial charge on any atom is 0.0639 e. The van der Waals surface area contributed by atoms with Crippen LogP contribution in [0.2, 0.25) is 0 Å². The maximum absolute atomic E-state index is 5.87. The molecule has 0 spiro atoms. The largest absolute Gasteiger partial charge is 0.383 e. The van der Waals surface area contributed by atoms with E-state index in [0.29, 0.717) is 12.1 Å². The number of hydrogen-bond donors (Lipinski definition) is 2. The van der Waals surface area contributed by atoms with Crippen LogP contribution in [0.4, 0.5) is 0 Å². The lowest BCUT2D eigenvalue weighted by atomic mass is 9.90. The van der Waals surface area contributed by atoms with Crippen molar-refractivity contribution in [2.75, 3.05) is 13.7 Å². The average Bonchev–Trinajstić information content (AvgIpc) is 2.08. The molecule has 0 amide bonds. The summed E-state index contributed by atoms with van der Waals surface area (Å²) in [4.78, 5) is 0. The Morgan fingerprint density at radius 1 is 1.29 bits per heavy atom. The third kappa shape index (κ3) is 3.95. The van der Waals surface area contributed by atoms with Crippen molar-refractivity contribution in [2.24, 2.45) is 5.73 Å². The van der Waals surface area contributed by atoms with Crippen LogP contribution < -0.4 is 11.1 Å². The molecule has 1 aliphatic rings. The smallest absolute Gasteiger partial charge is 0.0639 e. The molecule has 0 unspecified atom stereocenters. The van der Waals surface area contributed by atoms with Gasteiger partial charge in [0.2, 0.25) is 0 Å². The van der Waals surface area contributed by atoms with E-state index in [1.54, 1.807) is 7.11 Å². The van der Waals surface area contributed by atoms with E-state index in [1.807, 2.05) is 0 Å². The van der Waals surface area contributed by atoms with Gasteiger partial charge < -0.3 is 15.8 Å². The van der Waals surface area contributed by atoms with Gasteiger partial charge in [0.1, 0.15) is 0 Å². The quantitative estimate of drug-likeness (QED) is 0.718. The van der Waals surface area contributed by atoms with Crippen LogP contribution in [-0.2, 0) is 4.74 Å². The zero-order valence-corrected chi connectivity index (χ0v) is 9.68. The summed E-state index contributed by atoms with van der Waals surface area (Å²) >= 11 is 0. The lowest BCUT2D eigenvalue weighted by molar-refractivity contribution is 0.114. The molecule has 0 aliphatic heterocycles. The summed E-state index contributed by atoms with van der Waals surface area (Å²) in [6.07, 6.45) is 4.71. The molecular weight excluding hydrogens is 176 g/mol. The fourth-order valence-electron chi connectivity index (χ4n) is 2.22. The van der Waals surface area contributed by atoms with Crippen molar-refractivity contribution in [2.45, 2.75) is 57.2 Å². The first kappa shape index (κ1) is 12.0. The monoisotopic (exact) mass is 200 g/mol. The van der Waals surface area contributed by atoms with Crippen LogP contribution in [0.3, 0.4) is 0 Å². The van der Waals surface area contributed by atoms with Gasteiger partial charge in [-0.3, -0.25) is 0 Å². The van der Waals surface area contributed by atoms with Crippen LogP contribution in [-0.4, -0.2) is 31.3 Å². The van der Waals surface area contributed by atoms with Gasteiger partial charge in [0, 0.05) is 24.7 Å². The van der Waals surface area contributed by atoms with Crippen molar-refractivity contribution in [3.8, 4) is 0 Å². The van der Waals surface area contributed by atoms with Gasteiger partial charge >= 0.3 is 0 Å². The fourth-order valence-corrected chi connectivity index (χ4v) is 2.22. The minimum absolute atomic E-state index is 0.0842. The molecule has 0 heterocycles. The Kier molecular flexibility index (Phi) is 4.35. The first-order chi connectivity index (χ1) is 6.53. The predicted octanol–water partition coefficient (Wildman–Crippen LogP) is 1.27. The highest BCUT2D eigenvalue weighted by Crippen LogP contribution is 2.19. The van der Waals surface area contributed by atoms with E-state index in [0.717, 1.165) is 19.4 Å². The molecule has 0 aromatic heterocycles. The van der Waals surface area contributed by atoms with Crippen LogP contribution in [0.5, 0.6) is 0 Å². The fraction of sp³-hybridized carbons (Fsp3) is 1.00. The second-order valence-electron chi connectivity index (χ2n) is 5.07. The highest BCUT2D eigenvalue weighted by Gasteiger charge is 2.25. The van der Waals surface area contributed by atoms with Crippen molar-refractivity contribution in [3.05, 3.63) is 0 Å². The highest BCUT2D eigenvalue weighted by atomic mass is 16.5. The van der Waals surface area contributed by atoms with Crippen molar-refractivity contribution in [3.63, 3.8) is 0 Å². The zero-order valence-electron chi connectivity index (χ0n) is 9.68. The average molecular weight is 200 g/mol. The molecule has 3 N–H and O–H groups in total. The third-order valence-corrected chi connectivity index (χ3v) is 2.87. The van der Waals surface area contributed by atoms with Crippen molar-refractivity contribution >= 4 is 0 Å². The summed E-state index contributed by atoms with van der Waals surface area (Å²) < 4.78 is 5.18. The Bertz CT molecular complexity index is 163. The van der Waals surface area contributed by atoms with Crippen LogP contribution in [0.25, 0.3) is 0 Å². The van der Waals surface area contributed by atoms with E-state index >= 15 is 0 Å². The minimum Gasteiger partial charge on any atom is -0.383 e. The van der Waals surface area contributed by atoms with Gasteiger partial charge in [0.25, 0.3) is 0 Å². The standard InChI is InChI=1S/C11H24N2O/c1-11(2,8-14-3)13-10-6-4-9(12)5-7-10/h9-10,13H,4-8,12H2,1-3H3. The Hall–Kier alpha value is -0.120. The molecule has 3 nitrogen and oxygen atoms in total. The lowest BCUT2D eigenvalue weighted by Crippen LogP contribution is -2.50. The first-order valence-electron chi connectivity index (χ1n) is 5.56. The second-order valence-corrected chi connectivity index (χ2v) is 5.07. The number of nitrogens with one attached hydrogen (secondary N) is 1. The molecule has 1 fully saturated rings. The second kappa shape index (κ2) is 5.10. The molecule has 0 atom stereocenters. The Morgan fingerprint density at radius 2 is 1.86 bits per heavy atom. The summed E-state index contributed by atoms with van der Waals surface area (Å²) in [5, 5.41) is 3.64. The van der Waals surface area contributed by atoms with Crippen LogP contribution in [0, 0.1) is 0 Å². The van der Waals surface area contributed by atoms with Crippen LogP contribution in [0.1, 0.15) is 39.5 Å². The normalized spacial score (nSPS) is 29.1. The van der Waals surface area contributed by atoms with Crippen molar-refractivity contribution in [1.82, 2.24) is 5.32 Å². The SMILES string of the molecule is COCC(C)(C)NC1CCC(N)CC1. The van der Waals surface area contributed by atoms with Gasteiger partial charge in [-0.25, -0.2) is 0 Å². The molecule has 84 valence electrons. The van der Waals surface area contributed by atoms with E-state index in [-0.39, 0.29) is 5.54 Å². The number of hydrogen-bond acceptors (Lipinski definition) is 3. The number of nitrogens with two attached hydrogens (primary N) is 1. The van der Waals surface area contributed by atoms with E-state index in [1.165, 1.54) is 12.8 Å². The molecule has 0 aromatic carbocycles. The topological polar surface area (TPSA) is 47.3 Å². The van der Waals surface area contributed by atoms with Crippen LogP contribution >= 0.6 is 0 Å². The van der Waals surface area contributed by atoms with Crippen molar-refractivity contribution in [1.29, 1.82) is 0 Å². The predicted molar refractivity (Wildman–Crippen MR) is 59.3 cm³/mol. The lowest BCUT2D eigenvalue weighted by Gasteiger charge is -2.34. The molecule has 0 bridgehead atoms. The van der Waals surface area contributed by atoms with Crippen molar-refractivity contribution < 1.29 is 4.74 Å². The van der Waals surface area contributed by atoms with Gasteiger partial charge in [-0.1, -0.05) is 0 Å². The Balaban J connectivity index is 2.29. The highest BCUT2D eigenvalue weighted by molar-refractivity contribution is 4.86. The summed E-state index contributed by atoms with van der Waals surface area (Å²) in [5.74, 6) is 0. The summed E-state index contributed by atoms with van der Waals surface area (Å²) in [6, 6.07) is 1.05. The van der Waals surface area contributed by atoms with Gasteiger partial charge in [-0.05, 0) is 39.5 Å². The minimum atomic E-state index is 0.0842. The van der Waals surface area contributed by atoms with E-state index in [2.05, 4.69) is 19.2 Å².